The van der Waals surface area contributed by atoms with E-state index in [-0.39, 0.29) is 0 Å². The third kappa shape index (κ3) is 8.30. The fourth-order valence-electron chi connectivity index (χ4n) is 2.69. The Morgan fingerprint density at radius 2 is 1.20 bits per heavy atom. The first-order chi connectivity index (χ1) is 9.86. The van der Waals surface area contributed by atoms with Crippen LogP contribution in [0.4, 0.5) is 0 Å². The summed E-state index contributed by atoms with van der Waals surface area (Å²) in [5.41, 5.74) is 2.83. The van der Waals surface area contributed by atoms with Crippen molar-refractivity contribution in [3.63, 3.8) is 0 Å². The van der Waals surface area contributed by atoms with Gasteiger partial charge in [0, 0.05) is 25.5 Å². The van der Waals surface area contributed by atoms with Crippen LogP contribution in [0.15, 0.2) is 24.3 Å². The second-order valence-electron chi connectivity index (χ2n) is 5.96. The summed E-state index contributed by atoms with van der Waals surface area (Å²) in [6.45, 7) is 4.38. The van der Waals surface area contributed by atoms with Gasteiger partial charge in [0.05, 0.1) is 0 Å². The van der Waals surface area contributed by atoms with E-state index in [1.54, 1.807) is 0 Å². The van der Waals surface area contributed by atoms with Crippen LogP contribution in [0, 0.1) is 6.42 Å². The molecular formula is C20H33+. The Hall–Kier alpha value is -0.910. The molecule has 0 saturated heterocycles. The highest BCUT2D eigenvalue weighted by molar-refractivity contribution is 5.26. The number of aryl methyl sites for hydroxylation is 1. The van der Waals surface area contributed by atoms with Gasteiger partial charge in [-0.05, 0) is 30.5 Å². The highest BCUT2D eigenvalue weighted by atomic mass is 14.0. The Bertz CT molecular complexity index is 309. The Morgan fingerprint density at radius 1 is 0.700 bits per heavy atom. The van der Waals surface area contributed by atoms with Gasteiger partial charge in [0.25, 0.3) is 0 Å². The largest absolute Gasteiger partial charge is 0.129 e. The van der Waals surface area contributed by atoms with E-state index in [1.807, 2.05) is 0 Å². The van der Waals surface area contributed by atoms with E-state index in [0.717, 1.165) is 0 Å². The minimum atomic E-state index is 1.25. The molecule has 0 amide bonds. The average Bonchev–Trinajstić information content (AvgIpc) is 2.50. The van der Waals surface area contributed by atoms with E-state index in [9.17, 15) is 0 Å². The van der Waals surface area contributed by atoms with Crippen LogP contribution >= 0.6 is 0 Å². The van der Waals surface area contributed by atoms with Crippen molar-refractivity contribution >= 4 is 0 Å². The molecule has 0 nitrogen and oxygen atoms in total. The number of unbranched alkanes of at least 4 members (excludes halogenated alkanes) is 9. The molecule has 0 aromatic heterocycles. The first-order valence-electron chi connectivity index (χ1n) is 8.75. The third-order valence-corrected chi connectivity index (χ3v) is 4.13. The predicted molar refractivity (Wildman–Crippen MR) is 91.1 cm³/mol. The van der Waals surface area contributed by atoms with Gasteiger partial charge in [0.2, 0.25) is 0 Å². The zero-order valence-electron chi connectivity index (χ0n) is 13.7. The molecule has 0 heterocycles. The van der Waals surface area contributed by atoms with Crippen molar-refractivity contribution in [3.05, 3.63) is 41.8 Å². The second-order valence-corrected chi connectivity index (χ2v) is 5.96. The van der Waals surface area contributed by atoms with E-state index in [2.05, 4.69) is 44.5 Å². The molecule has 0 fully saturated rings. The van der Waals surface area contributed by atoms with Crippen molar-refractivity contribution in [1.29, 1.82) is 0 Å². The summed E-state index contributed by atoms with van der Waals surface area (Å²) < 4.78 is 0. The minimum Gasteiger partial charge on any atom is -0.0654 e. The number of hydrogen-bond donors (Lipinski definition) is 0. The summed E-state index contributed by atoms with van der Waals surface area (Å²) in [4.78, 5) is 0. The van der Waals surface area contributed by atoms with Gasteiger partial charge in [-0.2, -0.15) is 0 Å². The quantitative estimate of drug-likeness (QED) is 0.293. The van der Waals surface area contributed by atoms with Crippen molar-refractivity contribution in [1.82, 2.24) is 0 Å². The first kappa shape index (κ1) is 17.1. The summed E-state index contributed by atoms with van der Waals surface area (Å²) in [5, 5.41) is 0. The van der Waals surface area contributed by atoms with Crippen LogP contribution in [0.3, 0.4) is 0 Å². The molecule has 0 saturated carbocycles. The molecule has 1 aromatic rings. The molecule has 0 atom stereocenters. The molecule has 0 radical (unpaired) electrons. The number of benzene rings is 1. The van der Waals surface area contributed by atoms with Crippen LogP contribution in [0.5, 0.6) is 0 Å². The highest BCUT2D eigenvalue weighted by Crippen LogP contribution is 2.13. The van der Waals surface area contributed by atoms with E-state index < -0.39 is 0 Å². The van der Waals surface area contributed by atoms with Gasteiger partial charge < -0.3 is 0 Å². The molecule has 0 aliphatic rings. The monoisotopic (exact) mass is 273 g/mol. The Balaban J connectivity index is 1.91. The Kier molecular flexibility index (Phi) is 10.2. The molecule has 0 bridgehead atoms. The highest BCUT2D eigenvalue weighted by Gasteiger charge is 2.00. The number of hydrogen-bond acceptors (Lipinski definition) is 0. The van der Waals surface area contributed by atoms with Gasteiger partial charge in [-0.15, -0.1) is 0 Å². The molecule has 0 heteroatoms. The smallest absolute Gasteiger partial charge is 0.0654 e. The van der Waals surface area contributed by atoms with Crippen LogP contribution in [0.1, 0.15) is 89.2 Å². The van der Waals surface area contributed by atoms with Crippen LogP contribution in [-0.2, 0) is 6.42 Å². The summed E-state index contributed by atoms with van der Waals surface area (Å²) in [6.07, 6.45) is 17.6. The molecular weight excluding hydrogens is 240 g/mol. The Morgan fingerprint density at radius 3 is 1.70 bits per heavy atom. The predicted octanol–water partition coefficient (Wildman–Crippen LogP) is 6.72. The molecule has 20 heavy (non-hydrogen) atoms. The molecule has 1 rings (SSSR count). The maximum Gasteiger partial charge on any atom is 0.129 e. The number of rotatable bonds is 12. The second kappa shape index (κ2) is 11.9. The molecule has 0 spiro atoms. The van der Waals surface area contributed by atoms with E-state index >= 15 is 0 Å². The topological polar surface area (TPSA) is 0 Å². The van der Waals surface area contributed by atoms with Gasteiger partial charge >= 0.3 is 0 Å². The lowest BCUT2D eigenvalue weighted by molar-refractivity contribution is 0.556. The van der Waals surface area contributed by atoms with Gasteiger partial charge in [0.1, 0.15) is 5.56 Å². The molecule has 1 aromatic carbocycles. The van der Waals surface area contributed by atoms with Crippen LogP contribution in [0.25, 0.3) is 0 Å². The average molecular weight is 273 g/mol. The van der Waals surface area contributed by atoms with Gasteiger partial charge in [-0.3, -0.25) is 0 Å². The van der Waals surface area contributed by atoms with Crippen molar-refractivity contribution in [2.45, 2.75) is 84.5 Å². The van der Waals surface area contributed by atoms with Crippen molar-refractivity contribution in [2.75, 3.05) is 0 Å². The summed E-state index contributed by atoms with van der Waals surface area (Å²) >= 11 is 0. The zero-order valence-corrected chi connectivity index (χ0v) is 13.7. The van der Waals surface area contributed by atoms with Crippen molar-refractivity contribution in [3.8, 4) is 0 Å². The van der Waals surface area contributed by atoms with Crippen molar-refractivity contribution < 1.29 is 0 Å². The van der Waals surface area contributed by atoms with Gasteiger partial charge in [-0.25, -0.2) is 0 Å². The lowest BCUT2D eigenvalue weighted by Gasteiger charge is -2.02. The molecule has 0 unspecified atom stereocenters. The molecule has 0 aliphatic heterocycles. The lowest BCUT2D eigenvalue weighted by Crippen LogP contribution is -1.87. The fraction of sp³-hybridized carbons (Fsp3) is 0.650. The third-order valence-electron chi connectivity index (χ3n) is 4.13. The summed E-state index contributed by atoms with van der Waals surface area (Å²) in [5.74, 6) is 0. The standard InChI is InChI=1S/C20H33/c1-3-5-6-7-8-9-10-11-12-13-14-20-17-15-19(4-2)16-18-20/h4,15-18H,3,5-14H2,1-2H3/q+1. The normalized spacial score (nSPS) is 10.7. The lowest BCUT2D eigenvalue weighted by atomic mass is 10.0. The van der Waals surface area contributed by atoms with Gasteiger partial charge in [-0.1, -0.05) is 64.7 Å². The van der Waals surface area contributed by atoms with E-state index in [0.29, 0.717) is 0 Å². The van der Waals surface area contributed by atoms with Crippen LogP contribution in [0.2, 0.25) is 0 Å². The zero-order chi connectivity index (χ0) is 14.5. The van der Waals surface area contributed by atoms with Crippen molar-refractivity contribution in [2.24, 2.45) is 0 Å². The summed E-state index contributed by atoms with van der Waals surface area (Å²) in [7, 11) is 0. The van der Waals surface area contributed by atoms with Crippen LogP contribution < -0.4 is 0 Å². The molecule has 0 aliphatic carbocycles. The van der Waals surface area contributed by atoms with Gasteiger partial charge in [0.15, 0.2) is 0 Å². The fourth-order valence-corrected chi connectivity index (χ4v) is 2.69. The van der Waals surface area contributed by atoms with E-state index in [1.165, 1.54) is 81.8 Å². The Labute approximate surface area is 127 Å². The minimum absolute atomic E-state index is 1.25. The maximum atomic E-state index is 2.29. The molecule has 112 valence electrons. The maximum absolute atomic E-state index is 2.29. The summed E-state index contributed by atoms with van der Waals surface area (Å²) in [6, 6.07) is 9.02. The van der Waals surface area contributed by atoms with E-state index in [4.69, 9.17) is 0 Å². The molecule has 0 N–H and O–H groups in total. The SMILES string of the molecule is C[CH+]c1ccc(CCCCCCCCCCCC)cc1. The van der Waals surface area contributed by atoms with Crippen LogP contribution in [-0.4, -0.2) is 0 Å². The first-order valence-corrected chi connectivity index (χ1v) is 8.75.